The fraction of sp³-hybridized carbons (Fsp3) is 0.333. The van der Waals surface area contributed by atoms with Crippen molar-refractivity contribution in [3.8, 4) is 11.5 Å². The van der Waals surface area contributed by atoms with Gasteiger partial charge in [-0.1, -0.05) is 0 Å². The van der Waals surface area contributed by atoms with Crippen LogP contribution in [0.3, 0.4) is 0 Å². The van der Waals surface area contributed by atoms with Gasteiger partial charge in [-0.25, -0.2) is 0 Å². The minimum Gasteiger partial charge on any atom is -0.493 e. The summed E-state index contributed by atoms with van der Waals surface area (Å²) in [5.41, 5.74) is 0.260. The van der Waals surface area contributed by atoms with Gasteiger partial charge in [0, 0.05) is 25.2 Å². The lowest BCUT2D eigenvalue weighted by Gasteiger charge is -2.13. The molecule has 1 amide bonds. The van der Waals surface area contributed by atoms with E-state index in [1.807, 2.05) is 6.92 Å². The van der Waals surface area contributed by atoms with Crippen molar-refractivity contribution in [1.29, 1.82) is 0 Å². The Kier molecular flexibility index (Phi) is 4.16. The highest BCUT2D eigenvalue weighted by Crippen LogP contribution is 2.32. The molecule has 0 unspecified atom stereocenters. The van der Waals surface area contributed by atoms with Crippen LogP contribution in [0, 0.1) is 0 Å². The van der Waals surface area contributed by atoms with Crippen LogP contribution in [0.5, 0.6) is 11.5 Å². The lowest BCUT2D eigenvalue weighted by atomic mass is 10.1. The second-order valence-electron chi connectivity index (χ2n) is 4.47. The molecular weight excluding hydrogens is 272 g/mol. The van der Waals surface area contributed by atoms with E-state index >= 15 is 0 Å². The van der Waals surface area contributed by atoms with Crippen molar-refractivity contribution in [3.05, 3.63) is 34.2 Å². The first kappa shape index (κ1) is 14.9. The molecule has 0 saturated heterocycles. The summed E-state index contributed by atoms with van der Waals surface area (Å²) in [5.74, 6) is 0.678. The summed E-state index contributed by atoms with van der Waals surface area (Å²) < 4.78 is 12.0. The van der Waals surface area contributed by atoms with E-state index in [-0.39, 0.29) is 11.5 Å². The van der Waals surface area contributed by atoms with Crippen LogP contribution in [0.2, 0.25) is 0 Å². The number of hydrogen-bond donors (Lipinski definition) is 1. The molecule has 0 fully saturated rings. The van der Waals surface area contributed by atoms with Crippen LogP contribution >= 0.6 is 0 Å². The summed E-state index contributed by atoms with van der Waals surface area (Å²) in [5, 5.41) is 3.55. The number of aromatic nitrogens is 1. The SMILES string of the molecule is CCn1cc(C(=O)NC)c2cc(OC)c(OC)cc2c1=O. The van der Waals surface area contributed by atoms with Gasteiger partial charge in [0.25, 0.3) is 11.5 Å². The van der Waals surface area contributed by atoms with Gasteiger partial charge in [-0.05, 0) is 19.1 Å². The van der Waals surface area contributed by atoms with Crippen molar-refractivity contribution < 1.29 is 14.3 Å². The summed E-state index contributed by atoms with van der Waals surface area (Å²) in [6.45, 7) is 2.33. The fourth-order valence-corrected chi connectivity index (χ4v) is 2.27. The molecule has 0 bridgehead atoms. The van der Waals surface area contributed by atoms with Crippen LogP contribution in [-0.4, -0.2) is 31.7 Å². The van der Waals surface area contributed by atoms with E-state index in [1.54, 1.807) is 25.4 Å². The number of pyridine rings is 1. The van der Waals surface area contributed by atoms with Crippen molar-refractivity contribution >= 4 is 16.7 Å². The Morgan fingerprint density at radius 3 is 2.24 bits per heavy atom. The van der Waals surface area contributed by atoms with Crippen LogP contribution in [-0.2, 0) is 6.54 Å². The van der Waals surface area contributed by atoms with E-state index in [1.165, 1.54) is 18.8 Å². The Balaban J connectivity index is 2.93. The van der Waals surface area contributed by atoms with Gasteiger partial charge in [0.2, 0.25) is 0 Å². The largest absolute Gasteiger partial charge is 0.493 e. The van der Waals surface area contributed by atoms with Gasteiger partial charge in [-0.15, -0.1) is 0 Å². The number of hydrogen-bond acceptors (Lipinski definition) is 4. The summed E-state index contributed by atoms with van der Waals surface area (Å²) in [4.78, 5) is 24.5. The minimum absolute atomic E-state index is 0.166. The summed E-state index contributed by atoms with van der Waals surface area (Å²) in [6.07, 6.45) is 1.56. The van der Waals surface area contributed by atoms with Crippen LogP contribution in [0.25, 0.3) is 10.8 Å². The number of amides is 1. The second-order valence-corrected chi connectivity index (χ2v) is 4.47. The van der Waals surface area contributed by atoms with Gasteiger partial charge in [0.05, 0.1) is 25.2 Å². The number of methoxy groups -OCH3 is 2. The smallest absolute Gasteiger partial charge is 0.258 e. The van der Waals surface area contributed by atoms with E-state index in [0.29, 0.717) is 34.4 Å². The highest BCUT2D eigenvalue weighted by atomic mass is 16.5. The van der Waals surface area contributed by atoms with Gasteiger partial charge >= 0.3 is 0 Å². The number of carbonyl (C=O) groups is 1. The van der Waals surface area contributed by atoms with Crippen molar-refractivity contribution in [3.63, 3.8) is 0 Å². The van der Waals surface area contributed by atoms with Crippen molar-refractivity contribution in [1.82, 2.24) is 9.88 Å². The van der Waals surface area contributed by atoms with E-state index in [9.17, 15) is 9.59 Å². The zero-order valence-corrected chi connectivity index (χ0v) is 12.5. The third kappa shape index (κ3) is 2.44. The molecule has 1 aromatic carbocycles. The maximum atomic E-state index is 12.4. The molecule has 6 heteroatoms. The molecule has 0 aliphatic rings. The Morgan fingerprint density at radius 2 is 1.76 bits per heavy atom. The average Bonchev–Trinajstić information content (AvgIpc) is 2.53. The molecular formula is C15H18N2O4. The third-order valence-corrected chi connectivity index (χ3v) is 3.40. The molecule has 0 radical (unpaired) electrons. The zero-order valence-electron chi connectivity index (χ0n) is 12.5. The van der Waals surface area contributed by atoms with Crippen molar-refractivity contribution in [2.75, 3.05) is 21.3 Å². The fourth-order valence-electron chi connectivity index (χ4n) is 2.27. The Bertz CT molecular complexity index is 749. The number of rotatable bonds is 4. The maximum Gasteiger partial charge on any atom is 0.258 e. The highest BCUT2D eigenvalue weighted by Gasteiger charge is 2.17. The van der Waals surface area contributed by atoms with Crippen molar-refractivity contribution in [2.24, 2.45) is 0 Å². The predicted molar refractivity (Wildman–Crippen MR) is 80.4 cm³/mol. The predicted octanol–water partition coefficient (Wildman–Crippen LogP) is 1.40. The summed E-state index contributed by atoms with van der Waals surface area (Å²) in [7, 11) is 4.57. The highest BCUT2D eigenvalue weighted by molar-refractivity contribution is 6.07. The van der Waals surface area contributed by atoms with Gasteiger partial charge in [0.1, 0.15) is 0 Å². The molecule has 2 rings (SSSR count). The Morgan fingerprint density at radius 1 is 1.19 bits per heavy atom. The molecule has 21 heavy (non-hydrogen) atoms. The third-order valence-electron chi connectivity index (χ3n) is 3.40. The Labute approximate surface area is 122 Å². The van der Waals surface area contributed by atoms with E-state index in [4.69, 9.17) is 9.47 Å². The zero-order chi connectivity index (χ0) is 15.6. The number of fused-ring (bicyclic) bond motifs is 1. The number of nitrogens with one attached hydrogen (secondary N) is 1. The van der Waals surface area contributed by atoms with Gasteiger partial charge < -0.3 is 19.4 Å². The lowest BCUT2D eigenvalue weighted by molar-refractivity contribution is 0.0964. The summed E-state index contributed by atoms with van der Waals surface area (Å²) in [6, 6.07) is 3.26. The number of ether oxygens (including phenoxy) is 2. The standard InChI is InChI=1S/C15H18N2O4/c1-5-17-8-11(14(18)16-2)9-6-12(20-3)13(21-4)7-10(9)15(17)19/h6-8H,5H2,1-4H3,(H,16,18). The molecule has 112 valence electrons. The number of benzene rings is 1. The first-order valence-corrected chi connectivity index (χ1v) is 6.58. The molecule has 0 aliphatic heterocycles. The minimum atomic E-state index is -0.255. The normalized spacial score (nSPS) is 10.5. The van der Waals surface area contributed by atoms with Crippen LogP contribution in [0.1, 0.15) is 17.3 Å². The topological polar surface area (TPSA) is 69.6 Å². The van der Waals surface area contributed by atoms with Crippen molar-refractivity contribution in [2.45, 2.75) is 13.5 Å². The second kappa shape index (κ2) is 5.87. The number of aryl methyl sites for hydroxylation is 1. The van der Waals surface area contributed by atoms with Crippen LogP contribution < -0.4 is 20.3 Å². The number of carbonyl (C=O) groups excluding carboxylic acids is 1. The van der Waals surface area contributed by atoms with Crippen LogP contribution in [0.15, 0.2) is 23.1 Å². The molecule has 1 aromatic heterocycles. The first-order valence-electron chi connectivity index (χ1n) is 6.58. The first-order chi connectivity index (χ1) is 10.1. The van der Waals surface area contributed by atoms with E-state index in [2.05, 4.69) is 5.32 Å². The van der Waals surface area contributed by atoms with E-state index < -0.39 is 0 Å². The van der Waals surface area contributed by atoms with Gasteiger partial charge in [0.15, 0.2) is 11.5 Å². The Hall–Kier alpha value is -2.50. The molecule has 0 saturated carbocycles. The lowest BCUT2D eigenvalue weighted by Crippen LogP contribution is -2.25. The molecule has 6 nitrogen and oxygen atoms in total. The molecule has 0 atom stereocenters. The molecule has 1 N–H and O–H groups in total. The molecule has 0 spiro atoms. The van der Waals surface area contributed by atoms with E-state index in [0.717, 1.165) is 0 Å². The average molecular weight is 290 g/mol. The monoisotopic (exact) mass is 290 g/mol. The quantitative estimate of drug-likeness (QED) is 0.924. The summed E-state index contributed by atoms with van der Waals surface area (Å²) >= 11 is 0. The van der Waals surface area contributed by atoms with Gasteiger partial charge in [-0.2, -0.15) is 0 Å². The van der Waals surface area contributed by atoms with Gasteiger partial charge in [-0.3, -0.25) is 9.59 Å². The molecule has 2 aromatic rings. The molecule has 1 heterocycles. The van der Waals surface area contributed by atoms with Crippen LogP contribution in [0.4, 0.5) is 0 Å². The number of nitrogens with zero attached hydrogens (tertiary/aromatic N) is 1. The molecule has 0 aliphatic carbocycles. The maximum absolute atomic E-state index is 12.4.